The molecule has 0 aromatic heterocycles. The lowest BCUT2D eigenvalue weighted by atomic mass is 10.2. The lowest BCUT2D eigenvalue weighted by Gasteiger charge is -2.26. The number of carbonyl (C=O) groups excluding carboxylic acids is 5. The number of carbonyl (C=O) groups is 5. The van der Waals surface area contributed by atoms with Gasteiger partial charge in [-0.25, -0.2) is 9.59 Å². The average Bonchev–Trinajstić information content (AvgIpc) is 3.00. The minimum atomic E-state index is -0.793. The summed E-state index contributed by atoms with van der Waals surface area (Å²) in [6, 6.07) is 20.8. The molecule has 0 aliphatic rings. The Hall–Kier alpha value is -5.39. The summed E-state index contributed by atoms with van der Waals surface area (Å²) in [7, 11) is 2.88. The minimum Gasteiger partial charge on any atom is -0.484 e. The fraction of sp³-hybridized carbons (Fsp3) is 0.281. The van der Waals surface area contributed by atoms with Gasteiger partial charge in [0.25, 0.3) is 5.91 Å². The summed E-state index contributed by atoms with van der Waals surface area (Å²) in [6.45, 7) is 3.92. The number of hydrogen-bond acceptors (Lipinski definition) is 8. The largest absolute Gasteiger partial charge is 0.484 e. The zero-order valence-corrected chi connectivity index (χ0v) is 25.3. The van der Waals surface area contributed by atoms with Crippen LogP contribution in [0.25, 0.3) is 0 Å². The van der Waals surface area contributed by atoms with E-state index in [9.17, 15) is 24.0 Å². The zero-order valence-electron chi connectivity index (χ0n) is 25.3. The molecule has 0 spiro atoms. The molecule has 12 heteroatoms. The quantitative estimate of drug-likeness (QED) is 0.313. The number of urea groups is 1. The van der Waals surface area contributed by atoms with Crippen LogP contribution in [0, 0.1) is 0 Å². The van der Waals surface area contributed by atoms with Crippen molar-refractivity contribution in [2.45, 2.75) is 26.4 Å². The third-order valence-electron chi connectivity index (χ3n) is 5.96. The van der Waals surface area contributed by atoms with Crippen LogP contribution in [-0.2, 0) is 23.9 Å². The van der Waals surface area contributed by atoms with Crippen molar-refractivity contribution in [2.24, 2.45) is 0 Å². The second-order valence-electron chi connectivity index (χ2n) is 10.5. The first kappa shape index (κ1) is 33.1. The fourth-order valence-electron chi connectivity index (χ4n) is 3.87. The van der Waals surface area contributed by atoms with Crippen molar-refractivity contribution in [3.05, 3.63) is 84.4 Å². The van der Waals surface area contributed by atoms with Gasteiger partial charge < -0.3 is 29.7 Å². The summed E-state index contributed by atoms with van der Waals surface area (Å²) in [5, 5.41) is 5.01. The van der Waals surface area contributed by atoms with E-state index in [1.807, 2.05) is 18.2 Å². The van der Waals surface area contributed by atoms with Crippen LogP contribution in [0.4, 0.5) is 21.9 Å². The molecule has 0 unspecified atom stereocenters. The van der Waals surface area contributed by atoms with Gasteiger partial charge >= 0.3 is 18.0 Å². The highest BCUT2D eigenvalue weighted by Crippen LogP contribution is 2.23. The second-order valence-corrected chi connectivity index (χ2v) is 10.5. The number of ether oxygens (including phenoxy) is 3. The van der Waals surface area contributed by atoms with Gasteiger partial charge in [-0.3, -0.25) is 19.3 Å². The van der Waals surface area contributed by atoms with Crippen LogP contribution in [0.3, 0.4) is 0 Å². The van der Waals surface area contributed by atoms with Gasteiger partial charge in [-0.2, -0.15) is 0 Å². The Morgan fingerprint density at radius 3 is 2.18 bits per heavy atom. The van der Waals surface area contributed by atoms with Gasteiger partial charge in [0.2, 0.25) is 5.91 Å². The molecule has 0 aliphatic carbocycles. The topological polar surface area (TPSA) is 144 Å². The van der Waals surface area contributed by atoms with Gasteiger partial charge in [-0.05, 0) is 63.2 Å². The molecule has 232 valence electrons. The van der Waals surface area contributed by atoms with E-state index in [2.05, 4.69) is 15.4 Å². The van der Waals surface area contributed by atoms with Crippen molar-refractivity contribution >= 4 is 46.8 Å². The molecule has 0 fully saturated rings. The highest BCUT2D eigenvalue weighted by Gasteiger charge is 2.24. The predicted molar refractivity (Wildman–Crippen MR) is 165 cm³/mol. The van der Waals surface area contributed by atoms with Crippen LogP contribution in [0.1, 0.15) is 31.1 Å². The molecule has 2 N–H and O–H groups in total. The zero-order chi connectivity index (χ0) is 32.3. The molecule has 0 atom stereocenters. The number of amides is 4. The van der Waals surface area contributed by atoms with Crippen molar-refractivity contribution in [1.29, 1.82) is 0 Å². The number of nitrogens with one attached hydrogen (secondary N) is 2. The number of benzene rings is 3. The Labute approximate surface area is 255 Å². The number of nitrogens with zero attached hydrogens (tertiary/aromatic N) is 2. The first-order valence-corrected chi connectivity index (χ1v) is 13.7. The molecule has 44 heavy (non-hydrogen) atoms. The number of para-hydroxylation sites is 1. The highest BCUT2D eigenvalue weighted by atomic mass is 16.6. The van der Waals surface area contributed by atoms with E-state index in [0.717, 1.165) is 4.90 Å². The van der Waals surface area contributed by atoms with Crippen LogP contribution < -0.4 is 25.2 Å². The standard InChI is InChI=1S/C32H36N4O8/c1-32(2,3)44-29(39)20-36(27(37)19-33-31(41)34-23-12-9-11-22(17-23)30(40)42-5)25-15-10-16-26(18-25)43-21-28(38)35(4)24-13-7-6-8-14-24/h6-18H,19-21H2,1-5H3,(H2,33,34,41). The predicted octanol–water partition coefficient (Wildman–Crippen LogP) is 4.01. The van der Waals surface area contributed by atoms with Crippen LogP contribution in [0.2, 0.25) is 0 Å². The SMILES string of the molecule is COC(=O)c1cccc(NC(=O)NCC(=O)N(CC(=O)OC(C)(C)C)c2cccc(OCC(=O)N(C)c3ccccc3)c2)c1. The van der Waals surface area contributed by atoms with E-state index >= 15 is 0 Å². The lowest BCUT2D eigenvalue weighted by molar-refractivity contribution is -0.153. The van der Waals surface area contributed by atoms with Crippen LogP contribution in [0.15, 0.2) is 78.9 Å². The number of methoxy groups -OCH3 is 1. The lowest BCUT2D eigenvalue weighted by Crippen LogP contribution is -2.45. The van der Waals surface area contributed by atoms with Crippen molar-refractivity contribution < 1.29 is 38.2 Å². The average molecular weight is 605 g/mol. The number of hydrogen-bond donors (Lipinski definition) is 2. The first-order valence-electron chi connectivity index (χ1n) is 13.7. The van der Waals surface area contributed by atoms with Gasteiger partial charge in [0, 0.05) is 30.2 Å². The number of rotatable bonds is 11. The highest BCUT2D eigenvalue weighted by molar-refractivity contribution is 6.01. The normalized spacial score (nSPS) is 10.7. The van der Waals surface area contributed by atoms with Crippen LogP contribution >= 0.6 is 0 Å². The molecule has 0 saturated carbocycles. The summed E-state index contributed by atoms with van der Waals surface area (Å²) in [4.78, 5) is 65.6. The Balaban J connectivity index is 1.70. The molecule has 0 radical (unpaired) electrons. The van der Waals surface area contributed by atoms with Gasteiger partial charge in [0.05, 0.1) is 19.2 Å². The van der Waals surface area contributed by atoms with Crippen molar-refractivity contribution in [3.63, 3.8) is 0 Å². The van der Waals surface area contributed by atoms with Gasteiger partial charge in [-0.15, -0.1) is 0 Å². The van der Waals surface area contributed by atoms with E-state index in [1.54, 1.807) is 70.3 Å². The second kappa shape index (κ2) is 15.2. The van der Waals surface area contributed by atoms with Crippen molar-refractivity contribution in [3.8, 4) is 5.75 Å². The molecule has 3 aromatic rings. The Kier molecular flexibility index (Phi) is 11.4. The third-order valence-corrected chi connectivity index (χ3v) is 5.96. The molecule has 0 bridgehead atoms. The molecular formula is C32H36N4O8. The fourth-order valence-corrected chi connectivity index (χ4v) is 3.87. The molecule has 0 heterocycles. The van der Waals surface area contributed by atoms with Gasteiger partial charge in [-0.1, -0.05) is 30.3 Å². The summed E-state index contributed by atoms with van der Waals surface area (Å²) in [5.74, 6) is -1.86. The molecule has 3 aromatic carbocycles. The molecule has 0 aliphatic heterocycles. The summed E-state index contributed by atoms with van der Waals surface area (Å²) in [5.41, 5.74) is 0.742. The van der Waals surface area contributed by atoms with Crippen molar-refractivity contribution in [1.82, 2.24) is 5.32 Å². The molecule has 0 saturated heterocycles. The minimum absolute atomic E-state index is 0.237. The first-order chi connectivity index (χ1) is 20.9. The number of anilines is 3. The van der Waals surface area contributed by atoms with E-state index < -0.39 is 42.6 Å². The maximum Gasteiger partial charge on any atom is 0.337 e. The van der Waals surface area contributed by atoms with Gasteiger partial charge in [0.1, 0.15) is 17.9 Å². The maximum absolute atomic E-state index is 13.3. The summed E-state index contributed by atoms with van der Waals surface area (Å²) < 4.78 is 15.8. The third kappa shape index (κ3) is 10.2. The monoisotopic (exact) mass is 604 g/mol. The number of likely N-dealkylation sites (N-methyl/N-ethyl adjacent to an activating group) is 1. The molecule has 12 nitrogen and oxygen atoms in total. The van der Waals surface area contributed by atoms with Crippen LogP contribution in [-0.4, -0.2) is 69.2 Å². The smallest absolute Gasteiger partial charge is 0.337 e. The van der Waals surface area contributed by atoms with Crippen LogP contribution in [0.5, 0.6) is 5.75 Å². The summed E-state index contributed by atoms with van der Waals surface area (Å²) in [6.07, 6.45) is 0. The van der Waals surface area contributed by atoms with Gasteiger partial charge in [0.15, 0.2) is 6.61 Å². The number of esters is 2. The molecule has 3 rings (SSSR count). The van der Waals surface area contributed by atoms with E-state index in [-0.39, 0.29) is 29.5 Å². The Morgan fingerprint density at radius 2 is 1.50 bits per heavy atom. The molecular weight excluding hydrogens is 568 g/mol. The van der Waals surface area contributed by atoms with Crippen molar-refractivity contribution in [2.75, 3.05) is 49.0 Å². The maximum atomic E-state index is 13.3. The van der Waals surface area contributed by atoms with E-state index in [1.165, 1.54) is 30.2 Å². The Morgan fingerprint density at radius 1 is 0.818 bits per heavy atom. The summed E-state index contributed by atoms with van der Waals surface area (Å²) >= 11 is 0. The van der Waals surface area contributed by atoms with E-state index in [4.69, 9.17) is 9.47 Å². The van der Waals surface area contributed by atoms with E-state index in [0.29, 0.717) is 11.4 Å². The molecule has 4 amide bonds. The Bertz CT molecular complexity index is 1490.